The number of benzene rings is 1. The van der Waals surface area contributed by atoms with Gasteiger partial charge < -0.3 is 14.6 Å². The van der Waals surface area contributed by atoms with Gasteiger partial charge in [0.1, 0.15) is 5.75 Å². The summed E-state index contributed by atoms with van der Waals surface area (Å²) in [7, 11) is 1.67. The van der Waals surface area contributed by atoms with Crippen LogP contribution in [0.15, 0.2) is 22.7 Å². The summed E-state index contributed by atoms with van der Waals surface area (Å²) in [5.41, 5.74) is 2.01. The minimum absolute atomic E-state index is 0.309. The largest absolute Gasteiger partial charge is 0.496 e. The first kappa shape index (κ1) is 13.1. The van der Waals surface area contributed by atoms with E-state index in [0.717, 1.165) is 35.7 Å². The lowest BCUT2D eigenvalue weighted by Crippen LogP contribution is -2.21. The van der Waals surface area contributed by atoms with Crippen molar-refractivity contribution in [1.82, 2.24) is 15.5 Å². The summed E-state index contributed by atoms with van der Waals surface area (Å²) in [4.78, 5) is 4.54. The van der Waals surface area contributed by atoms with Crippen molar-refractivity contribution in [3.63, 3.8) is 0 Å². The highest BCUT2D eigenvalue weighted by Gasteiger charge is 2.29. The normalized spacial score (nSPS) is 22.1. The predicted octanol–water partition coefficient (Wildman–Crippen LogP) is 2.52. The topological polar surface area (TPSA) is 60.2 Å². The zero-order chi connectivity index (χ0) is 14.1. The molecule has 0 aliphatic carbocycles. The number of rotatable bonds is 3. The molecule has 2 unspecified atom stereocenters. The van der Waals surface area contributed by atoms with Crippen molar-refractivity contribution in [2.45, 2.75) is 32.2 Å². The molecule has 1 aliphatic rings. The zero-order valence-electron chi connectivity index (χ0n) is 12.0. The van der Waals surface area contributed by atoms with Crippen LogP contribution < -0.4 is 10.1 Å². The third kappa shape index (κ3) is 2.29. The maximum Gasteiger partial charge on any atom is 0.231 e. The summed E-state index contributed by atoms with van der Waals surface area (Å²) in [6.07, 6.45) is 1.04. The summed E-state index contributed by atoms with van der Waals surface area (Å²) >= 11 is 0. The van der Waals surface area contributed by atoms with Gasteiger partial charge in [-0.25, -0.2) is 0 Å². The van der Waals surface area contributed by atoms with Crippen LogP contribution in [0.5, 0.6) is 5.75 Å². The summed E-state index contributed by atoms with van der Waals surface area (Å²) in [5.74, 6) is 2.49. The molecule has 3 rings (SSSR count). The Kier molecular flexibility index (Phi) is 3.44. The average molecular weight is 273 g/mol. The molecule has 106 valence electrons. The molecule has 2 atom stereocenters. The van der Waals surface area contributed by atoms with Crippen molar-refractivity contribution >= 4 is 0 Å². The number of hydrogen-bond donors (Lipinski definition) is 1. The second-order valence-electron chi connectivity index (χ2n) is 5.28. The molecule has 0 amide bonds. The van der Waals surface area contributed by atoms with E-state index in [1.807, 2.05) is 25.1 Å². The van der Waals surface area contributed by atoms with Crippen molar-refractivity contribution in [1.29, 1.82) is 0 Å². The molecule has 20 heavy (non-hydrogen) atoms. The summed E-state index contributed by atoms with van der Waals surface area (Å²) in [6, 6.07) is 6.32. The molecule has 1 aromatic carbocycles. The molecule has 1 saturated heterocycles. The summed E-state index contributed by atoms with van der Waals surface area (Å²) in [6.45, 7) is 5.16. The maximum absolute atomic E-state index is 5.44. The fourth-order valence-electron chi connectivity index (χ4n) is 2.66. The molecular formula is C15H19N3O2. The Bertz CT molecular complexity index is 609. The monoisotopic (exact) mass is 273 g/mol. The number of ether oxygens (including phenoxy) is 1. The fourth-order valence-corrected chi connectivity index (χ4v) is 2.66. The third-order valence-corrected chi connectivity index (χ3v) is 3.95. The lowest BCUT2D eigenvalue weighted by Gasteiger charge is -2.08. The minimum atomic E-state index is 0.309. The lowest BCUT2D eigenvalue weighted by atomic mass is 10.0. The van der Waals surface area contributed by atoms with Crippen LogP contribution >= 0.6 is 0 Å². The second-order valence-corrected chi connectivity index (χ2v) is 5.28. The highest BCUT2D eigenvalue weighted by Crippen LogP contribution is 2.29. The summed E-state index contributed by atoms with van der Waals surface area (Å²) < 4.78 is 10.8. The molecule has 1 N–H and O–H groups in total. The SMILES string of the molecule is COc1cc(-c2noc(C3CCNC3C)n2)ccc1C. The van der Waals surface area contributed by atoms with Gasteiger partial charge in [-0.3, -0.25) is 0 Å². The van der Waals surface area contributed by atoms with E-state index in [2.05, 4.69) is 22.4 Å². The fraction of sp³-hybridized carbons (Fsp3) is 0.467. The molecular weight excluding hydrogens is 254 g/mol. The minimum Gasteiger partial charge on any atom is -0.496 e. The van der Waals surface area contributed by atoms with Crippen LogP contribution in [0.4, 0.5) is 0 Å². The molecule has 5 nitrogen and oxygen atoms in total. The van der Waals surface area contributed by atoms with Crippen LogP contribution in [-0.2, 0) is 0 Å². The van der Waals surface area contributed by atoms with E-state index in [1.165, 1.54) is 0 Å². The third-order valence-electron chi connectivity index (χ3n) is 3.95. The van der Waals surface area contributed by atoms with Crippen molar-refractivity contribution in [2.24, 2.45) is 0 Å². The Balaban J connectivity index is 1.90. The first-order valence-corrected chi connectivity index (χ1v) is 6.91. The van der Waals surface area contributed by atoms with E-state index >= 15 is 0 Å². The van der Waals surface area contributed by atoms with Crippen molar-refractivity contribution < 1.29 is 9.26 Å². The molecule has 0 bridgehead atoms. The van der Waals surface area contributed by atoms with Gasteiger partial charge in [0.2, 0.25) is 11.7 Å². The van der Waals surface area contributed by atoms with E-state index < -0.39 is 0 Å². The van der Waals surface area contributed by atoms with Gasteiger partial charge in [0.05, 0.1) is 13.0 Å². The highest BCUT2D eigenvalue weighted by molar-refractivity contribution is 5.58. The lowest BCUT2D eigenvalue weighted by molar-refractivity contribution is 0.345. The molecule has 2 heterocycles. The highest BCUT2D eigenvalue weighted by atomic mass is 16.5. The number of methoxy groups -OCH3 is 1. The van der Waals surface area contributed by atoms with E-state index in [9.17, 15) is 0 Å². The van der Waals surface area contributed by atoms with Gasteiger partial charge >= 0.3 is 0 Å². The first-order valence-electron chi connectivity index (χ1n) is 6.91. The molecule has 0 spiro atoms. The molecule has 1 fully saturated rings. The molecule has 0 radical (unpaired) electrons. The second kappa shape index (κ2) is 5.25. The van der Waals surface area contributed by atoms with Gasteiger partial charge in [0.15, 0.2) is 0 Å². The summed E-state index contributed by atoms with van der Waals surface area (Å²) in [5, 5.41) is 7.50. The van der Waals surface area contributed by atoms with Crippen LogP contribution in [0, 0.1) is 6.92 Å². The van der Waals surface area contributed by atoms with Crippen LogP contribution in [0.1, 0.15) is 30.7 Å². The van der Waals surface area contributed by atoms with E-state index in [0.29, 0.717) is 17.8 Å². The van der Waals surface area contributed by atoms with Gasteiger partial charge in [0.25, 0.3) is 0 Å². The van der Waals surface area contributed by atoms with Crippen molar-refractivity contribution in [3.8, 4) is 17.1 Å². The Morgan fingerprint density at radius 2 is 2.25 bits per heavy atom. The van der Waals surface area contributed by atoms with Crippen LogP contribution in [-0.4, -0.2) is 29.8 Å². The van der Waals surface area contributed by atoms with Gasteiger partial charge in [-0.2, -0.15) is 4.98 Å². The Labute approximate surface area is 118 Å². The number of hydrogen-bond acceptors (Lipinski definition) is 5. The quantitative estimate of drug-likeness (QED) is 0.931. The Morgan fingerprint density at radius 3 is 2.95 bits per heavy atom. The standard InChI is InChI=1S/C15H19N3O2/c1-9-4-5-11(8-13(9)19-3)14-17-15(20-18-14)12-6-7-16-10(12)2/h4-5,8,10,12,16H,6-7H2,1-3H3. The Morgan fingerprint density at radius 1 is 1.40 bits per heavy atom. The first-order chi connectivity index (χ1) is 9.69. The van der Waals surface area contributed by atoms with Crippen molar-refractivity contribution in [2.75, 3.05) is 13.7 Å². The van der Waals surface area contributed by atoms with Gasteiger partial charge in [0, 0.05) is 11.6 Å². The Hall–Kier alpha value is -1.88. The molecule has 1 aliphatic heterocycles. The number of nitrogens with zero attached hydrogens (tertiary/aromatic N) is 2. The van der Waals surface area contributed by atoms with E-state index in [4.69, 9.17) is 9.26 Å². The van der Waals surface area contributed by atoms with E-state index in [-0.39, 0.29) is 0 Å². The van der Waals surface area contributed by atoms with Crippen LogP contribution in [0.2, 0.25) is 0 Å². The van der Waals surface area contributed by atoms with E-state index in [1.54, 1.807) is 7.11 Å². The number of nitrogens with one attached hydrogen (secondary N) is 1. The van der Waals surface area contributed by atoms with Crippen molar-refractivity contribution in [3.05, 3.63) is 29.7 Å². The molecule has 2 aromatic rings. The average Bonchev–Trinajstić information content (AvgIpc) is 3.08. The van der Waals surface area contributed by atoms with Gasteiger partial charge in [-0.1, -0.05) is 17.3 Å². The molecule has 0 saturated carbocycles. The van der Waals surface area contributed by atoms with Gasteiger partial charge in [-0.05, 0) is 38.4 Å². The zero-order valence-corrected chi connectivity index (χ0v) is 12.0. The number of aromatic nitrogens is 2. The smallest absolute Gasteiger partial charge is 0.231 e. The van der Waals surface area contributed by atoms with Crippen LogP contribution in [0.3, 0.4) is 0 Å². The molecule has 1 aromatic heterocycles. The number of aryl methyl sites for hydroxylation is 1. The molecule has 5 heteroatoms. The maximum atomic E-state index is 5.44. The van der Waals surface area contributed by atoms with Gasteiger partial charge in [-0.15, -0.1) is 0 Å². The van der Waals surface area contributed by atoms with Crippen LogP contribution in [0.25, 0.3) is 11.4 Å². The predicted molar refractivity (Wildman–Crippen MR) is 75.8 cm³/mol.